The van der Waals surface area contributed by atoms with Crippen LogP contribution in [0.15, 0.2) is 10.6 Å². The molecule has 1 saturated carbocycles. The van der Waals surface area contributed by atoms with Crippen molar-refractivity contribution in [3.63, 3.8) is 0 Å². The largest absolute Gasteiger partial charge is 0.360 e. The zero-order chi connectivity index (χ0) is 22.0. The standard InChI is InChI=1S/C22H38N4O4S/c1-3-4-19-13-18(23-22(27)20-14-21(30-24-20)17-5-6-17)9-12-26(19)31(28,29)15-16-7-10-25(2)11-8-16/h14,16-19,28-29H,3-13,15H2,1-2H3,(H,23,27)/t18-,19-/m0/s1. The topological polar surface area (TPSA) is 102 Å². The van der Waals surface area contributed by atoms with E-state index in [1.807, 2.05) is 4.31 Å². The van der Waals surface area contributed by atoms with Gasteiger partial charge in [-0.1, -0.05) is 18.5 Å². The molecule has 4 rings (SSSR count). The van der Waals surface area contributed by atoms with E-state index in [1.54, 1.807) is 6.07 Å². The van der Waals surface area contributed by atoms with Crippen molar-refractivity contribution in [2.24, 2.45) is 5.92 Å². The number of piperidine rings is 2. The summed E-state index contributed by atoms with van der Waals surface area (Å²) in [7, 11) is -0.679. The molecule has 9 heteroatoms. The molecule has 3 aliphatic rings. The molecule has 2 atom stereocenters. The smallest absolute Gasteiger partial charge is 0.273 e. The molecular formula is C22H38N4O4S. The van der Waals surface area contributed by atoms with E-state index in [-0.39, 0.29) is 18.0 Å². The normalized spacial score (nSPS) is 27.4. The Hall–Kier alpha value is -1.13. The van der Waals surface area contributed by atoms with Crippen molar-refractivity contribution >= 4 is 16.7 Å². The van der Waals surface area contributed by atoms with E-state index in [0.717, 1.165) is 63.8 Å². The van der Waals surface area contributed by atoms with Gasteiger partial charge in [0.15, 0.2) is 5.69 Å². The highest BCUT2D eigenvalue weighted by Crippen LogP contribution is 2.50. The van der Waals surface area contributed by atoms with Gasteiger partial charge in [0.1, 0.15) is 5.76 Å². The summed E-state index contributed by atoms with van der Waals surface area (Å²) < 4.78 is 29.5. The molecule has 3 heterocycles. The number of carbonyl (C=O) groups is 1. The van der Waals surface area contributed by atoms with Gasteiger partial charge < -0.3 is 14.7 Å². The second kappa shape index (κ2) is 9.79. The Kier molecular flexibility index (Phi) is 7.27. The van der Waals surface area contributed by atoms with Crippen molar-refractivity contribution < 1.29 is 18.4 Å². The summed E-state index contributed by atoms with van der Waals surface area (Å²) in [5.41, 5.74) is 0.350. The van der Waals surface area contributed by atoms with E-state index in [0.29, 0.717) is 36.2 Å². The van der Waals surface area contributed by atoms with Gasteiger partial charge in [0.05, 0.1) is 5.75 Å². The Morgan fingerprint density at radius 1 is 1.23 bits per heavy atom. The van der Waals surface area contributed by atoms with Crippen molar-refractivity contribution in [3.8, 4) is 0 Å². The van der Waals surface area contributed by atoms with Gasteiger partial charge in [-0.05, 0) is 71.0 Å². The van der Waals surface area contributed by atoms with Gasteiger partial charge in [-0.2, -0.15) is 0 Å². The van der Waals surface area contributed by atoms with Crippen LogP contribution in [-0.4, -0.2) is 73.9 Å². The molecule has 1 aromatic rings. The van der Waals surface area contributed by atoms with Gasteiger partial charge in [-0.25, -0.2) is 4.31 Å². The number of carbonyl (C=O) groups excluding carboxylic acids is 1. The van der Waals surface area contributed by atoms with Gasteiger partial charge >= 0.3 is 0 Å². The van der Waals surface area contributed by atoms with Gasteiger partial charge in [0, 0.05) is 30.6 Å². The number of hydrogen-bond donors (Lipinski definition) is 3. The fourth-order valence-corrected chi connectivity index (χ4v) is 7.22. The molecule has 3 N–H and O–H groups in total. The molecular weight excluding hydrogens is 416 g/mol. The van der Waals surface area contributed by atoms with Crippen molar-refractivity contribution in [3.05, 3.63) is 17.5 Å². The van der Waals surface area contributed by atoms with Gasteiger partial charge in [-0.3, -0.25) is 13.9 Å². The fraction of sp³-hybridized carbons (Fsp3) is 0.818. The molecule has 176 valence electrons. The summed E-state index contributed by atoms with van der Waals surface area (Å²) in [5, 5.41) is 7.05. The summed E-state index contributed by atoms with van der Waals surface area (Å²) in [4.78, 5) is 15.0. The third kappa shape index (κ3) is 5.82. The number of amides is 1. The zero-order valence-electron chi connectivity index (χ0n) is 18.8. The number of hydrogen-bond acceptors (Lipinski definition) is 7. The first-order chi connectivity index (χ1) is 14.9. The summed E-state index contributed by atoms with van der Waals surface area (Å²) in [6.07, 6.45) is 7.58. The van der Waals surface area contributed by atoms with Gasteiger partial charge in [-0.15, -0.1) is 10.8 Å². The lowest BCUT2D eigenvalue weighted by molar-refractivity contribution is 0.0897. The zero-order valence-corrected chi connectivity index (χ0v) is 19.6. The van der Waals surface area contributed by atoms with E-state index in [2.05, 4.69) is 29.3 Å². The predicted octanol–water partition coefficient (Wildman–Crippen LogP) is 3.92. The average molecular weight is 455 g/mol. The molecule has 3 fully saturated rings. The van der Waals surface area contributed by atoms with Crippen LogP contribution in [0.4, 0.5) is 0 Å². The molecule has 0 unspecified atom stereocenters. The first kappa shape index (κ1) is 23.0. The van der Waals surface area contributed by atoms with E-state index in [1.165, 1.54) is 0 Å². The molecule has 1 amide bonds. The maximum atomic E-state index is 12.7. The monoisotopic (exact) mass is 454 g/mol. The molecule has 8 nitrogen and oxygen atoms in total. The van der Waals surface area contributed by atoms with Crippen LogP contribution in [0.3, 0.4) is 0 Å². The molecule has 0 radical (unpaired) electrons. The Morgan fingerprint density at radius 2 is 1.97 bits per heavy atom. The van der Waals surface area contributed by atoms with Crippen molar-refractivity contribution in [1.82, 2.24) is 19.7 Å². The second-order valence-electron chi connectivity index (χ2n) is 9.71. The highest BCUT2D eigenvalue weighted by atomic mass is 32.3. The lowest BCUT2D eigenvalue weighted by Gasteiger charge is -2.52. The van der Waals surface area contributed by atoms with Crippen molar-refractivity contribution in [1.29, 1.82) is 0 Å². The van der Waals surface area contributed by atoms with E-state index >= 15 is 0 Å². The first-order valence-corrected chi connectivity index (χ1v) is 13.5. The van der Waals surface area contributed by atoms with Crippen LogP contribution in [0, 0.1) is 5.92 Å². The summed E-state index contributed by atoms with van der Waals surface area (Å²) in [6.45, 7) is 4.77. The first-order valence-electron chi connectivity index (χ1n) is 11.8. The van der Waals surface area contributed by atoms with Gasteiger partial charge in [0.2, 0.25) is 0 Å². The number of nitrogens with one attached hydrogen (secondary N) is 1. The quantitative estimate of drug-likeness (QED) is 0.547. The molecule has 2 aliphatic heterocycles. The Bertz CT molecular complexity index is 746. The van der Waals surface area contributed by atoms with E-state index in [4.69, 9.17) is 4.52 Å². The lowest BCUT2D eigenvalue weighted by Crippen LogP contribution is -2.51. The van der Waals surface area contributed by atoms with Crippen LogP contribution in [-0.2, 0) is 0 Å². The summed E-state index contributed by atoms with van der Waals surface area (Å²) >= 11 is 0. The Labute approximate surface area is 187 Å². The van der Waals surface area contributed by atoms with Crippen LogP contribution in [0.25, 0.3) is 0 Å². The van der Waals surface area contributed by atoms with Gasteiger partial charge in [0.25, 0.3) is 5.91 Å². The summed E-state index contributed by atoms with van der Waals surface area (Å²) in [6, 6.07) is 1.85. The second-order valence-corrected chi connectivity index (χ2v) is 11.8. The minimum absolute atomic E-state index is 0.0138. The number of nitrogens with zero attached hydrogens (tertiary/aromatic N) is 3. The molecule has 1 aromatic heterocycles. The predicted molar refractivity (Wildman–Crippen MR) is 122 cm³/mol. The summed E-state index contributed by atoms with van der Waals surface area (Å²) in [5.74, 6) is 1.89. The van der Waals surface area contributed by atoms with Crippen molar-refractivity contribution in [2.75, 3.05) is 32.4 Å². The number of rotatable bonds is 8. The van der Waals surface area contributed by atoms with Crippen LogP contribution in [0.2, 0.25) is 0 Å². The third-order valence-electron chi connectivity index (χ3n) is 7.03. The number of aromatic nitrogens is 1. The molecule has 1 aliphatic carbocycles. The minimum atomic E-state index is -2.80. The fourth-order valence-electron chi connectivity index (χ4n) is 5.00. The molecule has 0 aromatic carbocycles. The molecule has 31 heavy (non-hydrogen) atoms. The van der Waals surface area contributed by atoms with Crippen LogP contribution >= 0.6 is 10.8 Å². The Balaban J connectivity index is 1.34. The van der Waals surface area contributed by atoms with Crippen LogP contribution in [0.1, 0.15) is 80.5 Å². The lowest BCUT2D eigenvalue weighted by atomic mass is 9.96. The molecule has 0 bridgehead atoms. The highest BCUT2D eigenvalue weighted by molar-refractivity contribution is 8.22. The van der Waals surface area contributed by atoms with Crippen LogP contribution in [0.5, 0.6) is 0 Å². The Morgan fingerprint density at radius 3 is 2.65 bits per heavy atom. The van der Waals surface area contributed by atoms with E-state index in [9.17, 15) is 13.9 Å². The average Bonchev–Trinajstić information content (AvgIpc) is 3.46. The van der Waals surface area contributed by atoms with E-state index < -0.39 is 10.8 Å². The maximum absolute atomic E-state index is 12.7. The van der Waals surface area contributed by atoms with Crippen molar-refractivity contribution in [2.45, 2.75) is 76.3 Å². The number of likely N-dealkylation sites (tertiary alicyclic amines) is 1. The molecule has 0 spiro atoms. The third-order valence-corrected chi connectivity index (χ3v) is 9.18. The minimum Gasteiger partial charge on any atom is -0.360 e. The SMILES string of the molecule is CCC[C@H]1C[C@@H](NC(=O)c2cc(C3CC3)on2)CCN1S(O)(O)CC1CCN(C)CC1. The van der Waals surface area contributed by atoms with Crippen LogP contribution < -0.4 is 5.32 Å². The maximum Gasteiger partial charge on any atom is 0.273 e. The highest BCUT2D eigenvalue weighted by Gasteiger charge is 2.38. The molecule has 2 saturated heterocycles.